The molecule has 0 amide bonds. The van der Waals surface area contributed by atoms with E-state index in [-0.39, 0.29) is 27.4 Å². The first kappa shape index (κ1) is 40.8. The van der Waals surface area contributed by atoms with E-state index in [2.05, 4.69) is 61.2 Å². The zero-order valence-electron chi connectivity index (χ0n) is 31.3. The molecular weight excluding hydrogens is 757 g/mol. The van der Waals surface area contributed by atoms with Crippen LogP contribution in [-0.4, -0.2) is 107 Å². The van der Waals surface area contributed by atoms with Gasteiger partial charge in [-0.1, -0.05) is 35.9 Å². The van der Waals surface area contributed by atoms with Gasteiger partial charge < -0.3 is 28.4 Å². The third kappa shape index (κ3) is 11.6. The number of likely N-dealkylation sites (tertiary alicyclic amines) is 1. The van der Waals surface area contributed by atoms with Gasteiger partial charge >= 0.3 is 0 Å². The molecule has 56 heavy (non-hydrogen) atoms. The third-order valence-electron chi connectivity index (χ3n) is 8.71. The Kier molecular flexibility index (Phi) is 14.8. The van der Waals surface area contributed by atoms with Crippen LogP contribution in [-0.2, 0) is 40.3 Å². The molecule has 1 fully saturated rings. The summed E-state index contributed by atoms with van der Waals surface area (Å²) in [6.07, 6.45) is 3.17. The maximum absolute atomic E-state index is 13.0. The van der Waals surface area contributed by atoms with Crippen LogP contribution in [0.25, 0.3) is 22.3 Å². The van der Waals surface area contributed by atoms with Gasteiger partial charge in [0.25, 0.3) is 10.0 Å². The number of nitriles is 1. The minimum atomic E-state index is -4.01. The summed E-state index contributed by atoms with van der Waals surface area (Å²) in [4.78, 5) is 10.7. The van der Waals surface area contributed by atoms with E-state index in [0.29, 0.717) is 65.1 Å². The zero-order chi connectivity index (χ0) is 39.2. The lowest BCUT2D eigenvalue weighted by atomic mass is 9.97. The molecule has 3 aromatic carbocycles. The lowest BCUT2D eigenvalue weighted by molar-refractivity contribution is -0.0775. The van der Waals surface area contributed by atoms with E-state index < -0.39 is 10.0 Å². The molecule has 1 N–H and O–H groups in total. The van der Waals surface area contributed by atoms with Crippen molar-refractivity contribution in [2.75, 3.05) is 77.8 Å². The number of ether oxygens (including phenoxy) is 6. The molecule has 2 aromatic heterocycles. The molecule has 1 saturated heterocycles. The zero-order valence-corrected chi connectivity index (χ0v) is 32.9. The van der Waals surface area contributed by atoms with Gasteiger partial charge in [0.2, 0.25) is 5.13 Å². The standard InChI is InChI=1S/C40H44N6O8S2/c1-29-4-3-5-30(20-29)31-6-8-39(54-38-9-7-36(22-33(38)24-41)56(47,48)45-40-43-28-44-55-40)37(23-31)32-10-11-42-34(21-32)25-46-26-35(27-46)53-19-18-52-17-16-51-15-14-50-13-12-49-2/h3-11,20-23,28,35H,12-19,25-27H2,1-2H3,(H,43,44,45). The highest BCUT2D eigenvalue weighted by molar-refractivity contribution is 7.93. The number of hydrogen-bond donors (Lipinski definition) is 1. The number of nitrogens with zero attached hydrogens (tertiary/aromatic N) is 5. The molecule has 16 heteroatoms. The molecule has 5 aromatic rings. The first-order valence-corrected chi connectivity index (χ1v) is 20.3. The van der Waals surface area contributed by atoms with Crippen LogP contribution in [0.4, 0.5) is 5.13 Å². The van der Waals surface area contributed by atoms with Crippen LogP contribution in [0.15, 0.2) is 90.2 Å². The van der Waals surface area contributed by atoms with Crippen molar-refractivity contribution in [1.29, 1.82) is 5.26 Å². The van der Waals surface area contributed by atoms with Gasteiger partial charge in [-0.2, -0.15) is 9.64 Å². The summed E-state index contributed by atoms with van der Waals surface area (Å²) in [7, 11) is -2.37. The Morgan fingerprint density at radius 2 is 1.57 bits per heavy atom. The molecule has 0 saturated carbocycles. The van der Waals surface area contributed by atoms with Crippen molar-refractivity contribution in [1.82, 2.24) is 19.2 Å². The van der Waals surface area contributed by atoms with Gasteiger partial charge in [0.15, 0.2) is 0 Å². The summed E-state index contributed by atoms with van der Waals surface area (Å²) in [6.45, 7) is 8.47. The van der Waals surface area contributed by atoms with Crippen LogP contribution < -0.4 is 9.46 Å². The van der Waals surface area contributed by atoms with Crippen LogP contribution in [0.3, 0.4) is 0 Å². The quantitative estimate of drug-likeness (QED) is 0.0819. The first-order valence-electron chi connectivity index (χ1n) is 18.1. The molecule has 0 atom stereocenters. The number of aromatic nitrogens is 3. The van der Waals surface area contributed by atoms with Crippen molar-refractivity contribution in [3.05, 3.63) is 102 Å². The van der Waals surface area contributed by atoms with Gasteiger partial charge in [-0.05, 0) is 66.1 Å². The van der Waals surface area contributed by atoms with Crippen LogP contribution in [0.1, 0.15) is 16.8 Å². The number of hydrogen-bond acceptors (Lipinski definition) is 14. The van der Waals surface area contributed by atoms with Gasteiger partial charge in [0.1, 0.15) is 23.9 Å². The highest BCUT2D eigenvalue weighted by atomic mass is 32.2. The molecule has 6 rings (SSSR count). The highest BCUT2D eigenvalue weighted by Crippen LogP contribution is 2.39. The lowest BCUT2D eigenvalue weighted by Crippen LogP contribution is -2.51. The van der Waals surface area contributed by atoms with Crippen LogP contribution in [0.2, 0.25) is 0 Å². The second kappa shape index (κ2) is 20.4. The summed E-state index contributed by atoms with van der Waals surface area (Å²) in [5, 5.41) is 10.2. The van der Waals surface area contributed by atoms with E-state index in [1.807, 2.05) is 30.3 Å². The van der Waals surface area contributed by atoms with E-state index in [0.717, 1.165) is 58.1 Å². The lowest BCUT2D eigenvalue weighted by Gasteiger charge is -2.38. The maximum Gasteiger partial charge on any atom is 0.263 e. The van der Waals surface area contributed by atoms with E-state index in [9.17, 15) is 13.7 Å². The molecule has 0 aliphatic carbocycles. The molecule has 1 aliphatic heterocycles. The Hall–Kier alpha value is -4.83. The Morgan fingerprint density at radius 3 is 2.29 bits per heavy atom. The summed E-state index contributed by atoms with van der Waals surface area (Å²) >= 11 is 0.910. The predicted octanol–water partition coefficient (Wildman–Crippen LogP) is 5.94. The Labute approximate surface area is 331 Å². The van der Waals surface area contributed by atoms with E-state index in [1.54, 1.807) is 13.3 Å². The van der Waals surface area contributed by atoms with E-state index in [1.165, 1.54) is 24.5 Å². The minimum absolute atomic E-state index is 0.0555. The number of methoxy groups -OCH3 is 1. The molecule has 0 bridgehead atoms. The number of benzene rings is 3. The Balaban J connectivity index is 1.08. The van der Waals surface area contributed by atoms with Gasteiger partial charge in [-0.3, -0.25) is 14.6 Å². The van der Waals surface area contributed by atoms with Crippen molar-refractivity contribution in [2.45, 2.75) is 24.5 Å². The van der Waals surface area contributed by atoms with Crippen LogP contribution in [0.5, 0.6) is 11.5 Å². The number of aryl methyl sites for hydroxylation is 1. The molecule has 1 aliphatic rings. The normalized spacial score (nSPS) is 13.3. The van der Waals surface area contributed by atoms with Crippen molar-refractivity contribution in [3.8, 4) is 39.8 Å². The monoisotopic (exact) mass is 800 g/mol. The minimum Gasteiger partial charge on any atom is -0.455 e. The SMILES string of the molecule is COCCOCCOCCOCCOC1CN(Cc2cc(-c3cc(-c4cccc(C)c4)ccc3Oc3ccc(S(=O)(=O)Nc4ncns4)cc3C#N)ccn2)C1. The topological polar surface area (TPSA) is 167 Å². The summed E-state index contributed by atoms with van der Waals surface area (Å²) in [6, 6.07) is 24.3. The van der Waals surface area contributed by atoms with Gasteiger partial charge in [0, 0.05) is 50.0 Å². The number of anilines is 1. The maximum atomic E-state index is 13.0. The summed E-state index contributed by atoms with van der Waals surface area (Å²) < 4.78 is 66.0. The van der Waals surface area contributed by atoms with Crippen molar-refractivity contribution >= 4 is 26.7 Å². The number of pyridine rings is 1. The predicted molar refractivity (Wildman–Crippen MR) is 211 cm³/mol. The van der Waals surface area contributed by atoms with Gasteiger partial charge in [-0.15, -0.1) is 0 Å². The fourth-order valence-electron chi connectivity index (χ4n) is 5.89. The Morgan fingerprint density at radius 1 is 0.839 bits per heavy atom. The Bertz CT molecular complexity index is 2180. The number of nitrogens with one attached hydrogen (secondary N) is 1. The summed E-state index contributed by atoms with van der Waals surface area (Å²) in [5.74, 6) is 0.710. The average molecular weight is 801 g/mol. The van der Waals surface area contributed by atoms with Gasteiger partial charge in [-0.25, -0.2) is 13.4 Å². The van der Waals surface area contributed by atoms with E-state index in [4.69, 9.17) is 28.4 Å². The smallest absolute Gasteiger partial charge is 0.263 e. The number of rotatable bonds is 22. The second-order valence-corrected chi connectivity index (χ2v) is 15.3. The molecule has 0 unspecified atom stereocenters. The number of sulfonamides is 1. The molecule has 294 valence electrons. The van der Waals surface area contributed by atoms with Crippen LogP contribution in [0, 0.1) is 18.3 Å². The molecule has 3 heterocycles. The van der Waals surface area contributed by atoms with Crippen LogP contribution >= 0.6 is 11.5 Å². The van der Waals surface area contributed by atoms with Crippen molar-refractivity contribution in [2.24, 2.45) is 0 Å². The molecular formula is C40H44N6O8S2. The summed E-state index contributed by atoms with van der Waals surface area (Å²) in [5.41, 5.74) is 5.78. The highest BCUT2D eigenvalue weighted by Gasteiger charge is 2.28. The van der Waals surface area contributed by atoms with Gasteiger partial charge in [0.05, 0.1) is 75.1 Å². The van der Waals surface area contributed by atoms with Crippen molar-refractivity contribution < 1.29 is 36.8 Å². The van der Waals surface area contributed by atoms with E-state index >= 15 is 0 Å². The fraction of sp³-hybridized carbons (Fsp3) is 0.350. The second-order valence-electron chi connectivity index (χ2n) is 12.9. The molecule has 0 spiro atoms. The first-order chi connectivity index (χ1) is 27.3. The largest absolute Gasteiger partial charge is 0.455 e. The molecule has 0 radical (unpaired) electrons. The third-order valence-corrected chi connectivity index (χ3v) is 10.8. The fourth-order valence-corrected chi connectivity index (χ4v) is 7.58. The molecule has 14 nitrogen and oxygen atoms in total. The average Bonchev–Trinajstić information content (AvgIpc) is 3.70. The van der Waals surface area contributed by atoms with Crippen molar-refractivity contribution in [3.63, 3.8) is 0 Å².